The largest absolute Gasteiger partial charge is 0.486 e. The molecule has 7 heteroatoms. The standard InChI is InChI=1S/C15H19NO5S/c1-3-16-15(18)10(2)21-14(17)9-22-11-4-5-12-13(8-11)20-7-6-19-12/h4-5,8,10H,3,6-7,9H2,1-2H3,(H,16,18)/t10-/m1/s1. The third-order valence-electron chi connectivity index (χ3n) is 2.90. The minimum atomic E-state index is -0.784. The topological polar surface area (TPSA) is 73.9 Å². The number of esters is 1. The summed E-state index contributed by atoms with van der Waals surface area (Å²) in [5, 5.41) is 2.61. The Morgan fingerprint density at radius 2 is 2.05 bits per heavy atom. The molecule has 1 amide bonds. The molecule has 1 N–H and O–H groups in total. The molecule has 0 unspecified atom stereocenters. The Hall–Kier alpha value is -1.89. The van der Waals surface area contributed by atoms with E-state index in [1.807, 2.05) is 25.1 Å². The fourth-order valence-corrected chi connectivity index (χ4v) is 2.57. The molecule has 0 spiro atoms. The lowest BCUT2D eigenvalue weighted by Crippen LogP contribution is -2.35. The average Bonchev–Trinajstić information content (AvgIpc) is 2.53. The molecular weight excluding hydrogens is 306 g/mol. The molecule has 0 aliphatic carbocycles. The number of fused-ring (bicyclic) bond motifs is 1. The highest BCUT2D eigenvalue weighted by Gasteiger charge is 2.17. The van der Waals surface area contributed by atoms with Gasteiger partial charge < -0.3 is 19.5 Å². The maximum absolute atomic E-state index is 11.7. The first-order valence-corrected chi connectivity index (χ1v) is 8.08. The molecule has 1 aliphatic heterocycles. The van der Waals surface area contributed by atoms with Gasteiger partial charge in [-0.1, -0.05) is 0 Å². The first-order chi connectivity index (χ1) is 10.6. The number of carbonyl (C=O) groups excluding carboxylic acids is 2. The molecule has 0 bridgehead atoms. The summed E-state index contributed by atoms with van der Waals surface area (Å²) in [5.41, 5.74) is 0. The van der Waals surface area contributed by atoms with Crippen LogP contribution in [-0.2, 0) is 14.3 Å². The van der Waals surface area contributed by atoms with Crippen molar-refractivity contribution in [1.29, 1.82) is 0 Å². The minimum absolute atomic E-state index is 0.128. The van der Waals surface area contributed by atoms with E-state index in [4.69, 9.17) is 14.2 Å². The number of hydrogen-bond donors (Lipinski definition) is 1. The summed E-state index contributed by atoms with van der Waals surface area (Å²) in [6.45, 7) is 4.94. The molecule has 0 saturated heterocycles. The van der Waals surface area contributed by atoms with Crippen LogP contribution in [-0.4, -0.2) is 43.5 Å². The molecule has 1 aromatic carbocycles. The van der Waals surface area contributed by atoms with Gasteiger partial charge >= 0.3 is 5.97 Å². The Balaban J connectivity index is 1.82. The molecule has 1 heterocycles. The number of thioether (sulfide) groups is 1. The number of likely N-dealkylation sites (N-methyl/N-ethyl adjacent to an activating group) is 1. The number of rotatable bonds is 6. The van der Waals surface area contributed by atoms with Crippen LogP contribution in [0.2, 0.25) is 0 Å². The average molecular weight is 325 g/mol. The SMILES string of the molecule is CCNC(=O)[C@@H](C)OC(=O)CSc1ccc2c(c1)OCCO2. The van der Waals surface area contributed by atoms with Crippen molar-refractivity contribution in [3.63, 3.8) is 0 Å². The van der Waals surface area contributed by atoms with E-state index in [-0.39, 0.29) is 11.7 Å². The fourth-order valence-electron chi connectivity index (χ4n) is 1.86. The van der Waals surface area contributed by atoms with E-state index >= 15 is 0 Å². The highest BCUT2D eigenvalue weighted by Crippen LogP contribution is 2.34. The molecule has 2 rings (SSSR count). The van der Waals surface area contributed by atoms with Crippen molar-refractivity contribution < 1.29 is 23.8 Å². The number of hydrogen-bond acceptors (Lipinski definition) is 6. The van der Waals surface area contributed by atoms with Crippen molar-refractivity contribution in [3.8, 4) is 11.5 Å². The summed E-state index contributed by atoms with van der Waals surface area (Å²) in [6.07, 6.45) is -0.784. The van der Waals surface area contributed by atoms with Crippen LogP contribution in [0.15, 0.2) is 23.1 Å². The van der Waals surface area contributed by atoms with Gasteiger partial charge in [0.15, 0.2) is 17.6 Å². The highest BCUT2D eigenvalue weighted by atomic mass is 32.2. The lowest BCUT2D eigenvalue weighted by Gasteiger charge is -2.18. The third-order valence-corrected chi connectivity index (χ3v) is 3.87. The van der Waals surface area contributed by atoms with E-state index in [9.17, 15) is 9.59 Å². The van der Waals surface area contributed by atoms with E-state index in [2.05, 4.69) is 5.32 Å². The van der Waals surface area contributed by atoms with Crippen LogP contribution < -0.4 is 14.8 Å². The summed E-state index contributed by atoms with van der Waals surface area (Å²) in [6, 6.07) is 5.51. The zero-order chi connectivity index (χ0) is 15.9. The van der Waals surface area contributed by atoms with Crippen molar-refractivity contribution >= 4 is 23.6 Å². The molecule has 1 atom stereocenters. The summed E-state index contributed by atoms with van der Waals surface area (Å²) in [7, 11) is 0. The maximum atomic E-state index is 11.7. The molecule has 0 radical (unpaired) electrons. The predicted octanol–water partition coefficient (Wildman–Crippen LogP) is 1.62. The number of ether oxygens (including phenoxy) is 3. The highest BCUT2D eigenvalue weighted by molar-refractivity contribution is 8.00. The van der Waals surface area contributed by atoms with Gasteiger partial charge in [0.05, 0.1) is 5.75 Å². The Labute approximate surface area is 133 Å². The summed E-state index contributed by atoms with van der Waals surface area (Å²) >= 11 is 1.33. The van der Waals surface area contributed by atoms with Crippen molar-refractivity contribution in [2.75, 3.05) is 25.5 Å². The quantitative estimate of drug-likeness (QED) is 0.633. The number of nitrogens with one attached hydrogen (secondary N) is 1. The fraction of sp³-hybridized carbons (Fsp3) is 0.467. The van der Waals surface area contributed by atoms with Gasteiger partial charge in [-0.25, -0.2) is 0 Å². The molecule has 6 nitrogen and oxygen atoms in total. The Morgan fingerprint density at radius 3 is 2.77 bits per heavy atom. The van der Waals surface area contributed by atoms with Crippen LogP contribution >= 0.6 is 11.8 Å². The first kappa shape index (κ1) is 16.5. The van der Waals surface area contributed by atoms with Crippen molar-refractivity contribution in [2.24, 2.45) is 0 Å². The van der Waals surface area contributed by atoms with Gasteiger partial charge in [0.1, 0.15) is 13.2 Å². The van der Waals surface area contributed by atoms with Crippen LogP contribution in [0.5, 0.6) is 11.5 Å². The van der Waals surface area contributed by atoms with E-state index in [0.717, 1.165) is 4.90 Å². The first-order valence-electron chi connectivity index (χ1n) is 7.09. The van der Waals surface area contributed by atoms with E-state index in [1.165, 1.54) is 11.8 Å². The summed E-state index contributed by atoms with van der Waals surface area (Å²) in [4.78, 5) is 24.1. The van der Waals surface area contributed by atoms with Crippen LogP contribution in [0.3, 0.4) is 0 Å². The maximum Gasteiger partial charge on any atom is 0.317 e. The van der Waals surface area contributed by atoms with Gasteiger partial charge in [-0.2, -0.15) is 0 Å². The number of carbonyl (C=O) groups is 2. The zero-order valence-corrected chi connectivity index (χ0v) is 13.4. The van der Waals surface area contributed by atoms with Crippen LogP contribution in [0.4, 0.5) is 0 Å². The summed E-state index contributed by atoms with van der Waals surface area (Å²) in [5.74, 6) is 0.797. The van der Waals surface area contributed by atoms with E-state index in [1.54, 1.807) is 6.92 Å². The lowest BCUT2D eigenvalue weighted by molar-refractivity contribution is -0.152. The minimum Gasteiger partial charge on any atom is -0.486 e. The van der Waals surface area contributed by atoms with Gasteiger partial charge in [-0.05, 0) is 32.0 Å². The molecule has 120 valence electrons. The Bertz CT molecular complexity index is 549. The zero-order valence-electron chi connectivity index (χ0n) is 12.6. The van der Waals surface area contributed by atoms with Crippen LogP contribution in [0, 0.1) is 0 Å². The van der Waals surface area contributed by atoms with Gasteiger partial charge in [0.2, 0.25) is 0 Å². The monoisotopic (exact) mass is 325 g/mol. The van der Waals surface area contributed by atoms with Crippen LogP contribution in [0.1, 0.15) is 13.8 Å². The normalized spacial score (nSPS) is 14.1. The van der Waals surface area contributed by atoms with Crippen LogP contribution in [0.25, 0.3) is 0 Å². The number of amides is 1. The smallest absolute Gasteiger partial charge is 0.317 e. The third kappa shape index (κ3) is 4.56. The molecule has 0 saturated carbocycles. The molecule has 1 aromatic rings. The van der Waals surface area contributed by atoms with E-state index < -0.39 is 12.1 Å². The molecule has 1 aliphatic rings. The Kier molecular flexibility index (Phi) is 5.94. The van der Waals surface area contributed by atoms with Gasteiger partial charge in [-0.3, -0.25) is 9.59 Å². The lowest BCUT2D eigenvalue weighted by atomic mass is 10.3. The van der Waals surface area contributed by atoms with E-state index in [0.29, 0.717) is 31.3 Å². The van der Waals surface area contributed by atoms with Crippen molar-refractivity contribution in [3.05, 3.63) is 18.2 Å². The second kappa shape index (κ2) is 7.93. The Morgan fingerprint density at radius 1 is 1.32 bits per heavy atom. The number of benzene rings is 1. The predicted molar refractivity (Wildman–Crippen MR) is 82.4 cm³/mol. The summed E-state index contributed by atoms with van der Waals surface area (Å²) < 4.78 is 16.0. The van der Waals surface area contributed by atoms with Crippen molar-refractivity contribution in [2.45, 2.75) is 24.8 Å². The van der Waals surface area contributed by atoms with Crippen molar-refractivity contribution in [1.82, 2.24) is 5.32 Å². The van der Waals surface area contributed by atoms with Gasteiger partial charge in [0.25, 0.3) is 5.91 Å². The van der Waals surface area contributed by atoms with Gasteiger partial charge in [-0.15, -0.1) is 11.8 Å². The molecular formula is C15H19NO5S. The second-order valence-corrected chi connectivity index (χ2v) is 5.67. The molecule has 22 heavy (non-hydrogen) atoms. The molecule has 0 fully saturated rings. The molecule has 0 aromatic heterocycles. The van der Waals surface area contributed by atoms with Gasteiger partial charge in [0, 0.05) is 11.4 Å². The second-order valence-electron chi connectivity index (χ2n) is 4.62.